The molecule has 1 heterocycles. The SMILES string of the molecule is CC1=CC[C@@H]2C(=O)N(N(Cc3ccccc3Cl)C(=O)c3ccccc3Cl)C(=O)[C@H]2C1. The molecule has 1 aliphatic heterocycles. The molecule has 154 valence electrons. The molecule has 30 heavy (non-hydrogen) atoms. The number of imide groups is 1. The van der Waals surface area contributed by atoms with Crippen LogP contribution in [0.15, 0.2) is 60.2 Å². The van der Waals surface area contributed by atoms with Crippen molar-refractivity contribution >= 4 is 40.9 Å². The molecule has 4 rings (SSSR count). The second-order valence-electron chi connectivity index (χ2n) is 7.63. The molecule has 0 N–H and O–H groups in total. The van der Waals surface area contributed by atoms with Gasteiger partial charge in [-0.2, -0.15) is 5.01 Å². The topological polar surface area (TPSA) is 57.7 Å². The standard InChI is InChI=1S/C23H20Cl2N2O3/c1-14-10-11-16-18(12-14)23(30)27(22(16)29)26(13-15-6-2-4-8-19(15)24)21(28)17-7-3-5-9-20(17)25/h2-10,16,18H,11-13H2,1H3/t16-,18-/m0/s1. The van der Waals surface area contributed by atoms with Gasteiger partial charge in [-0.05, 0) is 43.5 Å². The Labute approximate surface area is 184 Å². The second-order valence-corrected chi connectivity index (χ2v) is 8.44. The number of carbonyl (C=O) groups excluding carboxylic acids is 3. The van der Waals surface area contributed by atoms with Crippen molar-refractivity contribution < 1.29 is 14.4 Å². The summed E-state index contributed by atoms with van der Waals surface area (Å²) in [5.41, 5.74) is 1.93. The molecule has 0 bridgehead atoms. The number of rotatable bonds is 4. The molecule has 5 nitrogen and oxygen atoms in total. The zero-order valence-corrected chi connectivity index (χ0v) is 17.9. The fourth-order valence-corrected chi connectivity index (χ4v) is 4.46. The van der Waals surface area contributed by atoms with Crippen molar-refractivity contribution in [2.75, 3.05) is 0 Å². The van der Waals surface area contributed by atoms with Gasteiger partial charge in [0.15, 0.2) is 0 Å². The average molecular weight is 443 g/mol. The third-order valence-electron chi connectivity index (χ3n) is 5.66. The molecule has 0 saturated carbocycles. The van der Waals surface area contributed by atoms with Crippen LogP contribution in [0.1, 0.15) is 35.7 Å². The molecule has 2 atom stereocenters. The summed E-state index contributed by atoms with van der Waals surface area (Å²) in [6.45, 7) is 1.93. The molecule has 1 fully saturated rings. The number of hydrazine groups is 1. The molecule has 1 saturated heterocycles. The van der Waals surface area contributed by atoms with E-state index < -0.39 is 17.7 Å². The first-order chi connectivity index (χ1) is 14.4. The Morgan fingerprint density at radius 2 is 1.63 bits per heavy atom. The maximum Gasteiger partial charge on any atom is 0.274 e. The highest BCUT2D eigenvalue weighted by Crippen LogP contribution is 2.39. The maximum absolute atomic E-state index is 13.5. The van der Waals surface area contributed by atoms with E-state index in [1.54, 1.807) is 48.5 Å². The molecule has 2 aromatic rings. The van der Waals surface area contributed by atoms with Crippen LogP contribution < -0.4 is 0 Å². The lowest BCUT2D eigenvalue weighted by Gasteiger charge is -2.31. The Morgan fingerprint density at radius 3 is 2.33 bits per heavy atom. The number of hydrogen-bond donors (Lipinski definition) is 0. The highest BCUT2D eigenvalue weighted by atomic mass is 35.5. The van der Waals surface area contributed by atoms with Crippen molar-refractivity contribution in [3.8, 4) is 0 Å². The van der Waals surface area contributed by atoms with Gasteiger partial charge in [-0.3, -0.25) is 14.4 Å². The normalized spacial score (nSPS) is 20.8. The summed E-state index contributed by atoms with van der Waals surface area (Å²) >= 11 is 12.6. The third-order valence-corrected chi connectivity index (χ3v) is 6.36. The minimum Gasteiger partial charge on any atom is -0.272 e. The van der Waals surface area contributed by atoms with Crippen LogP contribution in [-0.2, 0) is 16.1 Å². The highest BCUT2D eigenvalue weighted by Gasteiger charge is 2.51. The Balaban J connectivity index is 1.75. The van der Waals surface area contributed by atoms with Gasteiger partial charge in [-0.15, -0.1) is 0 Å². The third kappa shape index (κ3) is 3.64. The molecule has 2 aliphatic rings. The lowest BCUT2D eigenvalue weighted by atomic mass is 9.82. The summed E-state index contributed by atoms with van der Waals surface area (Å²) in [7, 11) is 0. The Morgan fingerprint density at radius 1 is 1.00 bits per heavy atom. The summed E-state index contributed by atoms with van der Waals surface area (Å²) < 4.78 is 0. The smallest absolute Gasteiger partial charge is 0.272 e. The Hall–Kier alpha value is -2.63. The molecule has 0 spiro atoms. The second kappa shape index (κ2) is 8.25. The number of hydrogen-bond acceptors (Lipinski definition) is 3. The van der Waals surface area contributed by atoms with Crippen molar-refractivity contribution in [2.45, 2.75) is 26.3 Å². The summed E-state index contributed by atoms with van der Waals surface area (Å²) in [6.07, 6.45) is 3.01. The quantitative estimate of drug-likeness (QED) is 0.500. The van der Waals surface area contributed by atoms with E-state index in [1.165, 1.54) is 5.01 Å². The van der Waals surface area contributed by atoms with Crippen LogP contribution in [0.5, 0.6) is 0 Å². The molecule has 2 aromatic carbocycles. The predicted molar refractivity (Wildman–Crippen MR) is 115 cm³/mol. The summed E-state index contributed by atoms with van der Waals surface area (Å²) in [5.74, 6) is -2.14. The van der Waals surface area contributed by atoms with Crippen LogP contribution in [0.2, 0.25) is 10.0 Å². The lowest BCUT2D eigenvalue weighted by molar-refractivity contribution is -0.155. The minimum atomic E-state index is -0.523. The maximum atomic E-state index is 13.5. The molecular weight excluding hydrogens is 423 g/mol. The van der Waals surface area contributed by atoms with Crippen molar-refractivity contribution in [1.82, 2.24) is 10.0 Å². The number of allylic oxidation sites excluding steroid dienone is 2. The van der Waals surface area contributed by atoms with Crippen LogP contribution in [-0.4, -0.2) is 27.7 Å². The number of fused-ring (bicyclic) bond motifs is 1. The Kier molecular flexibility index (Phi) is 5.67. The number of benzene rings is 2. The van der Waals surface area contributed by atoms with E-state index in [-0.39, 0.29) is 28.9 Å². The van der Waals surface area contributed by atoms with Crippen molar-refractivity contribution in [1.29, 1.82) is 0 Å². The van der Waals surface area contributed by atoms with E-state index in [4.69, 9.17) is 23.2 Å². The fourth-order valence-electron chi connectivity index (χ4n) is 4.05. The Bertz CT molecular complexity index is 1070. The number of amides is 3. The van der Waals surface area contributed by atoms with Gasteiger partial charge in [-0.25, -0.2) is 5.01 Å². The van der Waals surface area contributed by atoms with Crippen molar-refractivity contribution in [2.24, 2.45) is 11.8 Å². The van der Waals surface area contributed by atoms with E-state index in [1.807, 2.05) is 13.0 Å². The van der Waals surface area contributed by atoms with Gasteiger partial charge in [0, 0.05) is 5.02 Å². The van der Waals surface area contributed by atoms with Crippen LogP contribution in [0, 0.1) is 11.8 Å². The zero-order valence-electron chi connectivity index (χ0n) is 16.3. The first-order valence-corrected chi connectivity index (χ1v) is 10.5. The summed E-state index contributed by atoms with van der Waals surface area (Å²) in [6, 6.07) is 13.6. The van der Waals surface area contributed by atoms with E-state index in [0.717, 1.165) is 10.6 Å². The van der Waals surface area contributed by atoms with Crippen LogP contribution in [0.25, 0.3) is 0 Å². The van der Waals surface area contributed by atoms with E-state index in [9.17, 15) is 14.4 Å². The number of carbonyl (C=O) groups is 3. The van der Waals surface area contributed by atoms with Gasteiger partial charge < -0.3 is 0 Å². The molecule has 3 amide bonds. The van der Waals surface area contributed by atoms with Crippen molar-refractivity contribution in [3.05, 3.63) is 81.4 Å². The average Bonchev–Trinajstić information content (AvgIpc) is 2.97. The first kappa shape index (κ1) is 20.6. The van der Waals surface area contributed by atoms with Crippen LogP contribution in [0.4, 0.5) is 0 Å². The highest BCUT2D eigenvalue weighted by molar-refractivity contribution is 6.34. The largest absolute Gasteiger partial charge is 0.274 e. The van der Waals surface area contributed by atoms with Crippen LogP contribution >= 0.6 is 23.2 Å². The fraction of sp³-hybridized carbons (Fsp3) is 0.261. The lowest BCUT2D eigenvalue weighted by Crippen LogP contribution is -2.50. The zero-order chi connectivity index (χ0) is 21.4. The number of nitrogens with zero attached hydrogens (tertiary/aromatic N) is 2. The summed E-state index contributed by atoms with van der Waals surface area (Å²) in [5, 5.41) is 2.89. The molecule has 0 aromatic heterocycles. The molecular formula is C23H20Cl2N2O3. The van der Waals surface area contributed by atoms with E-state index >= 15 is 0 Å². The summed E-state index contributed by atoms with van der Waals surface area (Å²) in [4.78, 5) is 39.9. The van der Waals surface area contributed by atoms with Gasteiger partial charge in [0.1, 0.15) is 0 Å². The van der Waals surface area contributed by atoms with E-state index in [2.05, 4.69) is 0 Å². The van der Waals surface area contributed by atoms with Crippen molar-refractivity contribution in [3.63, 3.8) is 0 Å². The minimum absolute atomic E-state index is 0.0208. The first-order valence-electron chi connectivity index (χ1n) is 9.71. The van der Waals surface area contributed by atoms with Gasteiger partial charge in [0.05, 0.1) is 29.0 Å². The van der Waals surface area contributed by atoms with Gasteiger partial charge in [0.2, 0.25) is 0 Å². The van der Waals surface area contributed by atoms with Crippen LogP contribution in [0.3, 0.4) is 0 Å². The molecule has 0 unspecified atom stereocenters. The van der Waals surface area contributed by atoms with E-state index in [0.29, 0.717) is 23.4 Å². The van der Waals surface area contributed by atoms with Gasteiger partial charge in [0.25, 0.3) is 17.7 Å². The molecule has 0 radical (unpaired) electrons. The van der Waals surface area contributed by atoms with Gasteiger partial charge >= 0.3 is 0 Å². The number of halogens is 2. The van der Waals surface area contributed by atoms with Gasteiger partial charge in [-0.1, -0.05) is 65.2 Å². The molecule has 1 aliphatic carbocycles. The molecule has 7 heteroatoms. The monoisotopic (exact) mass is 442 g/mol. The predicted octanol–water partition coefficient (Wildman–Crippen LogP) is 4.89.